The maximum atomic E-state index is 13.8. The summed E-state index contributed by atoms with van der Waals surface area (Å²) in [6.45, 7) is 6.79. The van der Waals surface area contributed by atoms with E-state index in [4.69, 9.17) is 0 Å². The fourth-order valence-corrected chi connectivity index (χ4v) is 2.00. The third-order valence-electron chi connectivity index (χ3n) is 4.07. The summed E-state index contributed by atoms with van der Waals surface area (Å²) < 4.78 is 26.8. The van der Waals surface area contributed by atoms with Crippen molar-refractivity contribution in [1.82, 2.24) is 5.32 Å². The van der Waals surface area contributed by atoms with Gasteiger partial charge in [0.05, 0.1) is 16.6 Å². The fraction of sp³-hybridized carbons (Fsp3) is 0.429. The van der Waals surface area contributed by atoms with Crippen molar-refractivity contribution >= 4 is 17.6 Å². The van der Waals surface area contributed by atoms with Gasteiger partial charge in [-0.25, -0.2) is 18.5 Å². The van der Waals surface area contributed by atoms with Crippen LogP contribution in [-0.4, -0.2) is 17.5 Å². The third kappa shape index (κ3) is 1.95. The van der Waals surface area contributed by atoms with Gasteiger partial charge in [-0.05, 0) is 39.8 Å². The van der Waals surface area contributed by atoms with Gasteiger partial charge in [-0.2, -0.15) is 0 Å². The minimum atomic E-state index is -0.955. The molecule has 3 amide bonds. The molecular weight excluding hydrogens is 266 g/mol. The van der Waals surface area contributed by atoms with Crippen LogP contribution in [0.25, 0.3) is 0 Å². The van der Waals surface area contributed by atoms with Crippen molar-refractivity contribution in [2.45, 2.75) is 33.2 Å². The lowest BCUT2D eigenvalue weighted by molar-refractivity contribution is -0.130. The van der Waals surface area contributed by atoms with Gasteiger partial charge in [-0.1, -0.05) is 0 Å². The molecule has 20 heavy (non-hydrogen) atoms. The molecule has 1 aromatic rings. The Morgan fingerprint density at radius 3 is 2.25 bits per heavy atom. The molecule has 0 spiro atoms. The summed E-state index contributed by atoms with van der Waals surface area (Å²) in [6.07, 6.45) is 0. The number of urea groups is 1. The second-order valence-corrected chi connectivity index (χ2v) is 5.92. The Balaban J connectivity index is 2.52. The molecule has 1 N–H and O–H groups in total. The summed E-state index contributed by atoms with van der Waals surface area (Å²) in [4.78, 5) is 25.3. The maximum Gasteiger partial charge on any atom is 0.329 e. The number of halogens is 2. The van der Waals surface area contributed by atoms with E-state index in [1.165, 1.54) is 0 Å². The summed E-state index contributed by atoms with van der Waals surface area (Å²) in [7, 11) is 0. The molecule has 1 aliphatic heterocycles. The smallest absolute Gasteiger partial charge is 0.329 e. The summed E-state index contributed by atoms with van der Waals surface area (Å²) in [6, 6.07) is 2.01. The van der Waals surface area contributed by atoms with E-state index >= 15 is 0 Å². The molecule has 0 bridgehead atoms. The number of rotatable bonds is 1. The first kappa shape index (κ1) is 14.4. The zero-order valence-corrected chi connectivity index (χ0v) is 11.8. The predicted molar refractivity (Wildman–Crippen MR) is 70.2 cm³/mol. The number of benzene rings is 1. The Kier molecular flexibility index (Phi) is 3.07. The van der Waals surface area contributed by atoms with Crippen LogP contribution in [0.3, 0.4) is 0 Å². The average Bonchev–Trinajstić information content (AvgIpc) is 2.29. The number of carbonyl (C=O) groups excluding carboxylic acids is 2. The summed E-state index contributed by atoms with van der Waals surface area (Å²) in [5.74, 6) is -2.25. The Labute approximate surface area is 115 Å². The van der Waals surface area contributed by atoms with Crippen molar-refractivity contribution < 1.29 is 18.4 Å². The van der Waals surface area contributed by atoms with Crippen molar-refractivity contribution in [2.24, 2.45) is 5.41 Å². The summed E-state index contributed by atoms with van der Waals surface area (Å²) in [5, 5.41) is 2.67. The lowest BCUT2D eigenvalue weighted by atomic mass is 9.72. The quantitative estimate of drug-likeness (QED) is 0.861. The van der Waals surface area contributed by atoms with Crippen LogP contribution in [0.15, 0.2) is 18.2 Å². The van der Waals surface area contributed by atoms with Gasteiger partial charge in [0.2, 0.25) is 5.91 Å². The molecule has 108 valence electrons. The number of nitrogens with one attached hydrogen (secondary N) is 1. The molecule has 0 unspecified atom stereocenters. The largest absolute Gasteiger partial charge is 0.331 e. The SMILES string of the molecule is CC1(C)NC(=O)N(c2ccc(F)cc2F)C(=O)C1(C)C. The van der Waals surface area contributed by atoms with Crippen molar-refractivity contribution in [3.05, 3.63) is 29.8 Å². The van der Waals surface area contributed by atoms with Crippen LogP contribution in [0.4, 0.5) is 19.3 Å². The van der Waals surface area contributed by atoms with E-state index in [2.05, 4.69) is 5.32 Å². The van der Waals surface area contributed by atoms with Crippen molar-refractivity contribution in [3.8, 4) is 0 Å². The molecule has 0 aliphatic carbocycles. The number of nitrogens with zero attached hydrogens (tertiary/aromatic N) is 1. The second kappa shape index (κ2) is 4.26. The summed E-state index contributed by atoms with van der Waals surface area (Å²) >= 11 is 0. The maximum absolute atomic E-state index is 13.8. The van der Waals surface area contributed by atoms with E-state index in [-0.39, 0.29) is 5.69 Å². The van der Waals surface area contributed by atoms with Crippen LogP contribution >= 0.6 is 0 Å². The van der Waals surface area contributed by atoms with Crippen LogP contribution in [0, 0.1) is 17.0 Å². The average molecular weight is 282 g/mol. The lowest BCUT2D eigenvalue weighted by Gasteiger charge is -2.48. The van der Waals surface area contributed by atoms with Crippen molar-refractivity contribution in [3.63, 3.8) is 0 Å². The first-order chi connectivity index (χ1) is 9.08. The molecule has 1 fully saturated rings. The highest BCUT2D eigenvalue weighted by Crippen LogP contribution is 2.38. The van der Waals surface area contributed by atoms with E-state index in [0.29, 0.717) is 6.07 Å². The van der Waals surface area contributed by atoms with Crippen LogP contribution < -0.4 is 10.2 Å². The standard InChI is InChI=1S/C14H16F2N2O2/c1-13(2)11(19)18(12(20)17-14(13,3)4)10-6-5-8(15)7-9(10)16/h5-7H,1-4H3,(H,17,20). The molecule has 2 rings (SSSR count). The van der Waals surface area contributed by atoms with E-state index in [1.54, 1.807) is 27.7 Å². The first-order valence-corrected chi connectivity index (χ1v) is 6.20. The fourth-order valence-electron chi connectivity index (χ4n) is 2.00. The molecule has 6 heteroatoms. The number of anilines is 1. The minimum Gasteiger partial charge on any atom is -0.331 e. The van der Waals surface area contributed by atoms with E-state index in [0.717, 1.165) is 17.0 Å². The van der Waals surface area contributed by atoms with Gasteiger partial charge < -0.3 is 5.32 Å². The molecule has 0 aromatic heterocycles. The molecule has 1 saturated heterocycles. The highest BCUT2D eigenvalue weighted by molar-refractivity contribution is 6.18. The van der Waals surface area contributed by atoms with Crippen molar-refractivity contribution in [2.75, 3.05) is 4.90 Å². The summed E-state index contributed by atoms with van der Waals surface area (Å²) in [5.41, 5.74) is -1.95. The Morgan fingerprint density at radius 1 is 1.10 bits per heavy atom. The Bertz CT molecular complexity index is 597. The molecular formula is C14H16F2N2O2. The number of amides is 3. The molecule has 0 atom stereocenters. The molecule has 1 heterocycles. The molecule has 0 saturated carbocycles. The van der Waals surface area contributed by atoms with Gasteiger partial charge in [-0.3, -0.25) is 4.79 Å². The second-order valence-electron chi connectivity index (χ2n) is 5.92. The molecule has 4 nitrogen and oxygen atoms in total. The van der Waals surface area contributed by atoms with Gasteiger partial charge in [0, 0.05) is 6.07 Å². The highest BCUT2D eigenvalue weighted by Gasteiger charge is 2.53. The number of carbonyl (C=O) groups is 2. The predicted octanol–water partition coefficient (Wildman–Crippen LogP) is 2.83. The van der Waals surface area contributed by atoms with Gasteiger partial charge in [-0.15, -0.1) is 0 Å². The van der Waals surface area contributed by atoms with Crippen LogP contribution in [0.1, 0.15) is 27.7 Å². The lowest BCUT2D eigenvalue weighted by Crippen LogP contribution is -2.69. The van der Waals surface area contributed by atoms with E-state index in [1.807, 2.05) is 0 Å². The Hall–Kier alpha value is -1.98. The normalized spacial score (nSPS) is 20.8. The van der Waals surface area contributed by atoms with Crippen LogP contribution in [0.2, 0.25) is 0 Å². The highest BCUT2D eigenvalue weighted by atomic mass is 19.1. The topological polar surface area (TPSA) is 49.4 Å². The van der Waals surface area contributed by atoms with Gasteiger partial charge in [0.25, 0.3) is 0 Å². The van der Waals surface area contributed by atoms with Gasteiger partial charge in [0.1, 0.15) is 11.6 Å². The third-order valence-corrected chi connectivity index (χ3v) is 4.07. The van der Waals surface area contributed by atoms with Gasteiger partial charge in [0.15, 0.2) is 0 Å². The number of imide groups is 1. The van der Waals surface area contributed by atoms with Gasteiger partial charge >= 0.3 is 6.03 Å². The monoisotopic (exact) mass is 282 g/mol. The first-order valence-electron chi connectivity index (χ1n) is 6.20. The van der Waals surface area contributed by atoms with E-state index in [9.17, 15) is 18.4 Å². The zero-order valence-electron chi connectivity index (χ0n) is 11.8. The molecule has 1 aromatic carbocycles. The Morgan fingerprint density at radius 2 is 1.70 bits per heavy atom. The molecule has 0 radical (unpaired) electrons. The number of hydrogen-bond acceptors (Lipinski definition) is 2. The van der Waals surface area contributed by atoms with E-state index < -0.39 is 34.5 Å². The minimum absolute atomic E-state index is 0.252. The molecule has 1 aliphatic rings. The zero-order chi connectivity index (χ0) is 15.3. The van der Waals surface area contributed by atoms with Crippen LogP contribution in [0.5, 0.6) is 0 Å². The number of hydrogen-bond donors (Lipinski definition) is 1. The van der Waals surface area contributed by atoms with Crippen LogP contribution in [-0.2, 0) is 4.79 Å². The van der Waals surface area contributed by atoms with Crippen molar-refractivity contribution in [1.29, 1.82) is 0 Å².